The molecule has 138 valence electrons. The van der Waals surface area contributed by atoms with Crippen LogP contribution in [0, 0.1) is 6.92 Å². The highest BCUT2D eigenvalue weighted by Crippen LogP contribution is 2.21. The Morgan fingerprint density at radius 2 is 1.96 bits per heavy atom. The molecule has 1 saturated heterocycles. The summed E-state index contributed by atoms with van der Waals surface area (Å²) < 4.78 is 10.8. The van der Waals surface area contributed by atoms with E-state index < -0.39 is 6.10 Å². The first-order valence-corrected chi connectivity index (χ1v) is 8.79. The number of aromatic nitrogens is 1. The molecule has 0 radical (unpaired) electrons. The zero-order chi connectivity index (χ0) is 18.8. The van der Waals surface area contributed by atoms with Crippen LogP contribution in [0.1, 0.15) is 29.1 Å². The van der Waals surface area contributed by atoms with E-state index >= 15 is 0 Å². The van der Waals surface area contributed by atoms with Crippen molar-refractivity contribution < 1.29 is 18.7 Å². The molecule has 1 aliphatic rings. The van der Waals surface area contributed by atoms with Crippen molar-refractivity contribution in [2.45, 2.75) is 25.9 Å². The van der Waals surface area contributed by atoms with Crippen LogP contribution in [-0.4, -0.2) is 29.5 Å². The van der Waals surface area contributed by atoms with E-state index in [0.29, 0.717) is 40.5 Å². The summed E-state index contributed by atoms with van der Waals surface area (Å²) in [6, 6.07) is 12.1. The highest BCUT2D eigenvalue weighted by molar-refractivity contribution is 6.06. The van der Waals surface area contributed by atoms with E-state index in [2.05, 4.69) is 15.6 Å². The van der Waals surface area contributed by atoms with E-state index in [4.69, 9.17) is 9.15 Å². The topological polar surface area (TPSA) is 93.5 Å². The number of oxazole rings is 1. The Labute approximate surface area is 155 Å². The highest BCUT2D eigenvalue weighted by Gasteiger charge is 2.23. The minimum Gasteiger partial charge on any atom is -0.441 e. The van der Waals surface area contributed by atoms with Crippen molar-refractivity contribution >= 4 is 34.3 Å². The van der Waals surface area contributed by atoms with Crippen LogP contribution in [0.25, 0.3) is 11.1 Å². The number of rotatable bonds is 4. The molecule has 2 amide bonds. The minimum atomic E-state index is -0.417. The van der Waals surface area contributed by atoms with E-state index in [1.54, 1.807) is 49.4 Å². The standard InChI is InChI=1S/C20H19N3O4/c1-12-21-16-11-15(7-8-17(16)27-12)22-19(24)13-4-2-5-14(10-13)23-20(25)18-6-3-9-26-18/h2,4-5,7-8,10-11,18H,3,6,9H2,1H3,(H,22,24)(H,23,25). The number of nitrogens with one attached hydrogen (secondary N) is 2. The molecule has 27 heavy (non-hydrogen) atoms. The van der Waals surface area contributed by atoms with Crippen LogP contribution >= 0.6 is 0 Å². The van der Waals surface area contributed by atoms with Gasteiger partial charge in [0.1, 0.15) is 11.6 Å². The Balaban J connectivity index is 1.46. The molecule has 2 heterocycles. The van der Waals surface area contributed by atoms with Gasteiger partial charge in [-0.25, -0.2) is 4.98 Å². The van der Waals surface area contributed by atoms with Gasteiger partial charge in [0, 0.05) is 30.5 Å². The van der Waals surface area contributed by atoms with E-state index in [9.17, 15) is 9.59 Å². The number of ether oxygens (including phenoxy) is 1. The van der Waals surface area contributed by atoms with Crippen molar-refractivity contribution in [3.8, 4) is 0 Å². The first kappa shape index (κ1) is 17.2. The number of aryl methyl sites for hydroxylation is 1. The molecule has 0 saturated carbocycles. The van der Waals surface area contributed by atoms with E-state index in [-0.39, 0.29) is 11.8 Å². The summed E-state index contributed by atoms with van der Waals surface area (Å²) >= 11 is 0. The SMILES string of the molecule is Cc1nc2cc(NC(=O)c3cccc(NC(=O)C4CCCO4)c3)ccc2o1. The quantitative estimate of drug-likeness (QED) is 0.738. The van der Waals surface area contributed by atoms with E-state index in [1.165, 1.54) is 0 Å². The summed E-state index contributed by atoms with van der Waals surface area (Å²) in [5, 5.41) is 5.64. The van der Waals surface area contributed by atoms with Crippen molar-refractivity contribution in [2.75, 3.05) is 17.2 Å². The summed E-state index contributed by atoms with van der Waals surface area (Å²) in [6.45, 7) is 2.38. The van der Waals surface area contributed by atoms with Gasteiger partial charge in [-0.15, -0.1) is 0 Å². The summed E-state index contributed by atoms with van der Waals surface area (Å²) in [4.78, 5) is 29.0. The summed E-state index contributed by atoms with van der Waals surface area (Å²) in [6.07, 6.45) is 1.19. The third-order valence-electron chi connectivity index (χ3n) is 4.37. The maximum atomic E-state index is 12.6. The number of carbonyl (C=O) groups is 2. The van der Waals surface area contributed by atoms with Crippen molar-refractivity contribution in [2.24, 2.45) is 0 Å². The molecule has 4 rings (SSSR count). The van der Waals surface area contributed by atoms with Gasteiger partial charge in [0.2, 0.25) is 0 Å². The van der Waals surface area contributed by atoms with Gasteiger partial charge in [0.15, 0.2) is 11.5 Å². The van der Waals surface area contributed by atoms with Gasteiger partial charge < -0.3 is 19.8 Å². The van der Waals surface area contributed by atoms with Crippen molar-refractivity contribution in [3.63, 3.8) is 0 Å². The van der Waals surface area contributed by atoms with Crippen LogP contribution < -0.4 is 10.6 Å². The number of benzene rings is 2. The van der Waals surface area contributed by atoms with Crippen LogP contribution in [-0.2, 0) is 9.53 Å². The number of hydrogen-bond donors (Lipinski definition) is 2. The lowest BCUT2D eigenvalue weighted by molar-refractivity contribution is -0.124. The average Bonchev–Trinajstić information content (AvgIpc) is 3.30. The Kier molecular flexibility index (Phi) is 4.60. The molecule has 0 aliphatic carbocycles. The normalized spacial score (nSPS) is 16.4. The van der Waals surface area contributed by atoms with Crippen molar-refractivity contribution in [3.05, 3.63) is 53.9 Å². The molecule has 1 aliphatic heterocycles. The molecule has 1 atom stereocenters. The average molecular weight is 365 g/mol. The first-order valence-electron chi connectivity index (χ1n) is 8.79. The molecular weight excluding hydrogens is 346 g/mol. The van der Waals surface area contributed by atoms with Gasteiger partial charge in [0.25, 0.3) is 11.8 Å². The smallest absolute Gasteiger partial charge is 0.255 e. The largest absolute Gasteiger partial charge is 0.441 e. The zero-order valence-corrected chi connectivity index (χ0v) is 14.8. The van der Waals surface area contributed by atoms with Crippen LogP contribution in [0.3, 0.4) is 0 Å². The van der Waals surface area contributed by atoms with E-state index in [1.807, 2.05) is 0 Å². The number of anilines is 2. The molecule has 2 aromatic carbocycles. The predicted octanol–water partition coefficient (Wildman–Crippen LogP) is 3.51. The fraction of sp³-hybridized carbons (Fsp3) is 0.250. The molecule has 2 N–H and O–H groups in total. The lowest BCUT2D eigenvalue weighted by Crippen LogP contribution is -2.27. The third kappa shape index (κ3) is 3.83. The van der Waals surface area contributed by atoms with Gasteiger partial charge in [0.05, 0.1) is 0 Å². The van der Waals surface area contributed by atoms with Crippen molar-refractivity contribution in [1.29, 1.82) is 0 Å². The minimum absolute atomic E-state index is 0.183. The molecule has 1 aromatic heterocycles. The van der Waals surface area contributed by atoms with Gasteiger partial charge in [-0.05, 0) is 49.2 Å². The summed E-state index contributed by atoms with van der Waals surface area (Å²) in [5.74, 6) is 0.114. The van der Waals surface area contributed by atoms with Crippen LogP contribution in [0.15, 0.2) is 46.9 Å². The summed E-state index contributed by atoms with van der Waals surface area (Å²) in [5.41, 5.74) is 2.98. The Hall–Kier alpha value is -3.19. The number of nitrogens with zero attached hydrogens (tertiary/aromatic N) is 1. The number of hydrogen-bond acceptors (Lipinski definition) is 5. The molecule has 1 unspecified atom stereocenters. The molecule has 7 heteroatoms. The molecule has 0 bridgehead atoms. The Morgan fingerprint density at radius 3 is 2.78 bits per heavy atom. The number of amides is 2. The maximum absolute atomic E-state index is 12.6. The number of carbonyl (C=O) groups excluding carboxylic acids is 2. The Bertz CT molecular complexity index is 1010. The molecule has 7 nitrogen and oxygen atoms in total. The molecule has 1 fully saturated rings. The summed E-state index contributed by atoms with van der Waals surface area (Å²) in [7, 11) is 0. The lowest BCUT2D eigenvalue weighted by atomic mass is 10.1. The maximum Gasteiger partial charge on any atom is 0.255 e. The van der Waals surface area contributed by atoms with Crippen molar-refractivity contribution in [1.82, 2.24) is 4.98 Å². The van der Waals surface area contributed by atoms with Crippen LogP contribution in [0.2, 0.25) is 0 Å². The second kappa shape index (κ2) is 7.20. The Morgan fingerprint density at radius 1 is 1.11 bits per heavy atom. The third-order valence-corrected chi connectivity index (χ3v) is 4.37. The fourth-order valence-electron chi connectivity index (χ4n) is 3.07. The lowest BCUT2D eigenvalue weighted by Gasteiger charge is -2.11. The first-order chi connectivity index (χ1) is 13.1. The molecular formula is C20H19N3O4. The number of fused-ring (bicyclic) bond motifs is 1. The highest BCUT2D eigenvalue weighted by atomic mass is 16.5. The molecule has 0 spiro atoms. The second-order valence-corrected chi connectivity index (χ2v) is 6.44. The van der Waals surface area contributed by atoms with E-state index in [0.717, 1.165) is 12.8 Å². The van der Waals surface area contributed by atoms with Gasteiger partial charge in [-0.1, -0.05) is 6.07 Å². The fourth-order valence-corrected chi connectivity index (χ4v) is 3.07. The van der Waals surface area contributed by atoms with Gasteiger partial charge in [-0.3, -0.25) is 9.59 Å². The zero-order valence-electron chi connectivity index (χ0n) is 14.8. The van der Waals surface area contributed by atoms with Gasteiger partial charge in [-0.2, -0.15) is 0 Å². The molecule has 3 aromatic rings. The monoisotopic (exact) mass is 365 g/mol. The predicted molar refractivity (Wildman–Crippen MR) is 101 cm³/mol. The van der Waals surface area contributed by atoms with Gasteiger partial charge >= 0.3 is 0 Å². The van der Waals surface area contributed by atoms with Crippen LogP contribution in [0.4, 0.5) is 11.4 Å². The van der Waals surface area contributed by atoms with Crippen LogP contribution in [0.5, 0.6) is 0 Å². The second-order valence-electron chi connectivity index (χ2n) is 6.44.